The first-order valence-corrected chi connectivity index (χ1v) is 15.1. The zero-order chi connectivity index (χ0) is 31.2. The highest BCUT2D eigenvalue weighted by Gasteiger charge is 2.57. The van der Waals surface area contributed by atoms with E-state index in [1.807, 2.05) is 50.4 Å². The molecule has 6 rings (SSSR count). The summed E-state index contributed by atoms with van der Waals surface area (Å²) in [6.45, 7) is 9.71. The highest BCUT2D eigenvalue weighted by atomic mass is 16.2. The van der Waals surface area contributed by atoms with Crippen molar-refractivity contribution in [2.75, 3.05) is 20.6 Å². The van der Waals surface area contributed by atoms with Gasteiger partial charge >= 0.3 is 6.17 Å². The molecule has 1 saturated heterocycles. The van der Waals surface area contributed by atoms with Gasteiger partial charge in [0.2, 0.25) is 5.91 Å². The minimum atomic E-state index is -0.869. The number of amides is 3. The highest BCUT2D eigenvalue weighted by molar-refractivity contribution is 5.95. The second-order valence-corrected chi connectivity index (χ2v) is 12.1. The van der Waals surface area contributed by atoms with Crippen molar-refractivity contribution in [3.05, 3.63) is 87.0 Å². The number of carbonyl (C=O) groups excluding carboxylic acids is 3. The lowest BCUT2D eigenvalue weighted by Crippen LogP contribution is -2.46. The highest BCUT2D eigenvalue weighted by Crippen LogP contribution is 2.49. The number of nitrogens with zero attached hydrogens (tertiary/aromatic N) is 6. The molecule has 228 valence electrons. The number of aryl methyl sites for hydroxylation is 3. The van der Waals surface area contributed by atoms with Crippen molar-refractivity contribution in [1.82, 2.24) is 41.1 Å². The number of tetrazole rings is 1. The summed E-state index contributed by atoms with van der Waals surface area (Å²) in [7, 11) is 5.03. The zero-order valence-corrected chi connectivity index (χ0v) is 25.4. The smallest absolute Gasteiger partial charge is 0.301 e. The van der Waals surface area contributed by atoms with Crippen molar-refractivity contribution in [2.45, 2.75) is 62.7 Å². The second-order valence-electron chi connectivity index (χ2n) is 12.1. The molecule has 12 heteroatoms. The summed E-state index contributed by atoms with van der Waals surface area (Å²) in [6, 6.07) is 11.5. The van der Waals surface area contributed by atoms with Crippen LogP contribution in [0.4, 0.5) is 0 Å². The number of fused-ring (bicyclic) bond motifs is 3. The third-order valence-electron chi connectivity index (χ3n) is 9.50. The van der Waals surface area contributed by atoms with Crippen LogP contribution in [0.1, 0.15) is 75.0 Å². The van der Waals surface area contributed by atoms with Crippen molar-refractivity contribution in [1.29, 1.82) is 0 Å². The van der Waals surface area contributed by atoms with Gasteiger partial charge in [-0.2, -0.15) is 0 Å². The van der Waals surface area contributed by atoms with Crippen molar-refractivity contribution < 1.29 is 14.4 Å². The Balaban J connectivity index is 1.43. The van der Waals surface area contributed by atoms with E-state index in [9.17, 15) is 14.4 Å². The van der Waals surface area contributed by atoms with Crippen molar-refractivity contribution in [2.24, 2.45) is 13.0 Å². The fraction of sp³-hybridized carbons (Fsp3) is 0.469. The lowest BCUT2D eigenvalue weighted by molar-refractivity contribution is -0.131. The molecule has 1 saturated carbocycles. The maximum absolute atomic E-state index is 13.3. The first kappa shape index (κ1) is 29.4. The Hall–Kier alpha value is -4.63. The molecule has 3 aliphatic rings. The van der Waals surface area contributed by atoms with Gasteiger partial charge in [0.05, 0.1) is 12.0 Å². The minimum Gasteiger partial charge on any atom is -0.355 e. The van der Waals surface area contributed by atoms with Crippen LogP contribution in [0.2, 0.25) is 0 Å². The molecule has 0 bridgehead atoms. The van der Waals surface area contributed by atoms with Gasteiger partial charge in [-0.1, -0.05) is 12.1 Å². The van der Waals surface area contributed by atoms with Crippen molar-refractivity contribution >= 4 is 17.7 Å². The number of likely N-dealkylation sites (tertiary alicyclic amines) is 1. The van der Waals surface area contributed by atoms with Crippen LogP contribution in [0.15, 0.2) is 36.4 Å². The Labute approximate surface area is 256 Å². The van der Waals surface area contributed by atoms with Crippen LogP contribution >= 0.6 is 0 Å². The van der Waals surface area contributed by atoms with Gasteiger partial charge in [0.1, 0.15) is 0 Å². The number of piperidine rings is 1. The topological polar surface area (TPSA) is 138 Å². The molecule has 44 heavy (non-hydrogen) atoms. The summed E-state index contributed by atoms with van der Waals surface area (Å²) in [5.74, 6) is 0.683. The maximum Gasteiger partial charge on any atom is 0.301 e. The van der Waals surface area contributed by atoms with Crippen LogP contribution in [0.3, 0.4) is 0 Å². The number of nitrogens with one attached hydrogen (secondary N) is 3. The molecule has 0 spiro atoms. The van der Waals surface area contributed by atoms with Gasteiger partial charge in [-0.15, -0.1) is 5.10 Å². The predicted octanol–water partition coefficient (Wildman–Crippen LogP) is 1.60. The molecule has 2 aliphatic carbocycles. The maximum atomic E-state index is 13.3. The molecule has 0 unspecified atom stereocenters. The number of aromatic nitrogens is 4. The van der Waals surface area contributed by atoms with Gasteiger partial charge in [0, 0.05) is 50.8 Å². The van der Waals surface area contributed by atoms with Crippen LogP contribution in [0.5, 0.6) is 0 Å². The number of benzene rings is 2. The summed E-state index contributed by atoms with van der Waals surface area (Å²) in [5, 5.41) is 21.7. The van der Waals surface area contributed by atoms with E-state index in [1.54, 1.807) is 23.7 Å². The summed E-state index contributed by atoms with van der Waals surface area (Å²) in [5.41, 5.74) is 4.18. The van der Waals surface area contributed by atoms with E-state index >= 15 is 0 Å². The number of hydrogen-bond donors (Lipinski definition) is 3. The molecule has 12 nitrogen and oxygen atoms in total. The Morgan fingerprint density at radius 2 is 1.64 bits per heavy atom. The largest absolute Gasteiger partial charge is 0.355 e. The first-order valence-electron chi connectivity index (χ1n) is 15.1. The quantitative estimate of drug-likeness (QED) is 0.336. The van der Waals surface area contributed by atoms with Gasteiger partial charge < -0.3 is 16.0 Å². The monoisotopic (exact) mass is 595 g/mol. The average molecular weight is 596 g/mol. The predicted molar refractivity (Wildman–Crippen MR) is 162 cm³/mol. The molecule has 3 N–H and O–H groups in total. The Kier molecular flexibility index (Phi) is 7.67. The average Bonchev–Trinajstić information content (AvgIpc) is 3.54. The van der Waals surface area contributed by atoms with Crippen LogP contribution in [0.25, 0.3) is 4.85 Å². The standard InChI is InChI=1S/C32H37N9O3/c1-18(36-17-28(42)41-26-14-23(26)15-27(41)33-2)16-32(31-37-38-39-40(31)5)24-10-8-21(29(43)34-3)12-19(24)6-7-20-13-22(30(44)35-4)9-11-25(20)32/h8-13,18,23,26-27,36H,6-7,14-17H2,1,3-5H3,(H,34,43)(H,35,44)/t18-,23+,26+,27+/m1/s1. The molecule has 1 aliphatic heterocycles. The molecule has 1 aromatic heterocycles. The lowest BCUT2D eigenvalue weighted by atomic mass is 9.67. The van der Waals surface area contributed by atoms with Gasteiger partial charge in [-0.3, -0.25) is 24.1 Å². The molecule has 2 aromatic carbocycles. The number of carbonyl (C=O) groups is 3. The van der Waals surface area contributed by atoms with E-state index in [0.29, 0.717) is 42.1 Å². The van der Waals surface area contributed by atoms with Crippen LogP contribution < -0.4 is 16.0 Å². The summed E-state index contributed by atoms with van der Waals surface area (Å²) in [6.07, 6.45) is 3.16. The molecule has 2 heterocycles. The fourth-order valence-electron chi connectivity index (χ4n) is 7.34. The van der Waals surface area contributed by atoms with Crippen LogP contribution in [-0.4, -0.2) is 81.7 Å². The number of hydrogen-bond acceptors (Lipinski definition) is 7. The molecule has 3 amide bonds. The summed E-state index contributed by atoms with van der Waals surface area (Å²) < 4.78 is 1.67. The van der Waals surface area contributed by atoms with Gasteiger partial charge in [-0.05, 0) is 95.5 Å². The molecular formula is C32H37N9O3. The Morgan fingerprint density at radius 1 is 1.02 bits per heavy atom. The second kappa shape index (κ2) is 11.5. The van der Waals surface area contributed by atoms with Crippen molar-refractivity contribution in [3.63, 3.8) is 0 Å². The van der Waals surface area contributed by atoms with Gasteiger partial charge in [-0.25, -0.2) is 11.3 Å². The molecule has 2 fully saturated rings. The minimum absolute atomic E-state index is 0.0515. The zero-order valence-electron chi connectivity index (χ0n) is 25.4. The molecule has 4 atom stereocenters. The summed E-state index contributed by atoms with van der Waals surface area (Å²) in [4.78, 5) is 44.1. The lowest BCUT2D eigenvalue weighted by Gasteiger charge is -2.37. The van der Waals surface area contributed by atoms with E-state index in [1.165, 1.54) is 0 Å². The normalized spacial score (nSPS) is 21.6. The third kappa shape index (κ3) is 4.91. The summed E-state index contributed by atoms with van der Waals surface area (Å²) >= 11 is 0. The fourth-order valence-corrected chi connectivity index (χ4v) is 7.34. The van der Waals surface area contributed by atoms with E-state index in [0.717, 1.165) is 35.1 Å². The SMILES string of the molecule is [C-]#[N+][C@@H]1C[C@@H]2C[C@@H]2N1C(=O)CN[C@H](C)CC1(c2nnnn2C)c2ccc(C(=O)NC)cc2CCc2cc(C(=O)NC)ccc21. The van der Waals surface area contributed by atoms with E-state index < -0.39 is 5.41 Å². The van der Waals surface area contributed by atoms with Gasteiger partial charge in [0.15, 0.2) is 5.82 Å². The van der Waals surface area contributed by atoms with E-state index in [-0.39, 0.29) is 42.5 Å². The van der Waals surface area contributed by atoms with Crippen molar-refractivity contribution in [3.8, 4) is 0 Å². The first-order chi connectivity index (χ1) is 21.2. The molecule has 3 aromatic rings. The number of rotatable bonds is 8. The van der Waals surface area contributed by atoms with E-state index in [2.05, 4.69) is 36.3 Å². The van der Waals surface area contributed by atoms with Crippen LogP contribution in [-0.2, 0) is 30.1 Å². The van der Waals surface area contributed by atoms with Gasteiger partial charge in [0.25, 0.3) is 11.8 Å². The third-order valence-corrected chi connectivity index (χ3v) is 9.50. The Morgan fingerprint density at radius 3 is 2.16 bits per heavy atom. The molecular weight excluding hydrogens is 558 g/mol. The Bertz CT molecular complexity index is 1610. The van der Waals surface area contributed by atoms with Crippen LogP contribution in [0, 0.1) is 12.5 Å². The van der Waals surface area contributed by atoms with E-state index in [4.69, 9.17) is 6.57 Å². The molecule has 0 radical (unpaired) electrons.